The van der Waals surface area contributed by atoms with Gasteiger partial charge in [0.25, 0.3) is 0 Å². The Balaban J connectivity index is 2.73. The van der Waals surface area contributed by atoms with Crippen molar-refractivity contribution in [3.8, 4) is 0 Å². The number of hydrogen-bond donors (Lipinski definition) is 2. The van der Waals surface area contributed by atoms with Crippen molar-refractivity contribution in [1.29, 1.82) is 0 Å². The summed E-state index contributed by atoms with van der Waals surface area (Å²) in [5.74, 6) is 0. The summed E-state index contributed by atoms with van der Waals surface area (Å²) in [7, 11) is 1.63. The first-order chi connectivity index (χ1) is 6.63. The molecular formula is C9H13N3O2. The highest BCUT2D eigenvalue weighted by atomic mass is 16.2. The number of aryl methyl sites for hydroxylation is 1. The van der Waals surface area contributed by atoms with Crippen LogP contribution in [0.4, 0.5) is 10.5 Å². The van der Waals surface area contributed by atoms with Gasteiger partial charge in [0.1, 0.15) is 0 Å². The van der Waals surface area contributed by atoms with Crippen LogP contribution in [0.5, 0.6) is 0 Å². The van der Waals surface area contributed by atoms with Crippen LogP contribution in [0, 0.1) is 0 Å². The number of aromatic nitrogens is 1. The first-order valence-corrected chi connectivity index (χ1v) is 4.35. The van der Waals surface area contributed by atoms with Crippen LogP contribution in [0.2, 0.25) is 0 Å². The molecule has 1 rings (SSSR count). The average molecular weight is 195 g/mol. The van der Waals surface area contributed by atoms with Crippen molar-refractivity contribution in [2.24, 2.45) is 7.05 Å². The largest absolute Gasteiger partial charge is 0.338 e. The minimum absolute atomic E-state index is 0.105. The summed E-state index contributed by atoms with van der Waals surface area (Å²) in [5.41, 5.74) is 0.490. The second-order valence-corrected chi connectivity index (χ2v) is 2.85. The molecule has 0 unspecified atom stereocenters. The molecule has 76 valence electrons. The van der Waals surface area contributed by atoms with Crippen molar-refractivity contribution in [2.45, 2.75) is 6.92 Å². The number of carbonyl (C=O) groups is 1. The molecule has 0 bridgehead atoms. The van der Waals surface area contributed by atoms with E-state index in [1.165, 1.54) is 10.6 Å². The quantitative estimate of drug-likeness (QED) is 0.723. The molecule has 0 radical (unpaired) electrons. The van der Waals surface area contributed by atoms with Gasteiger partial charge < -0.3 is 15.2 Å². The van der Waals surface area contributed by atoms with E-state index in [2.05, 4.69) is 10.6 Å². The Labute approximate surface area is 81.7 Å². The molecular weight excluding hydrogens is 182 g/mol. The fraction of sp³-hybridized carbons (Fsp3) is 0.333. The Hall–Kier alpha value is -1.78. The van der Waals surface area contributed by atoms with E-state index in [4.69, 9.17) is 0 Å². The number of pyridine rings is 1. The number of carbonyl (C=O) groups excluding carboxylic acids is 1. The van der Waals surface area contributed by atoms with Gasteiger partial charge in [-0.3, -0.25) is 4.79 Å². The minimum atomic E-state index is -0.272. The molecule has 14 heavy (non-hydrogen) atoms. The van der Waals surface area contributed by atoms with Crippen molar-refractivity contribution < 1.29 is 4.79 Å². The molecule has 0 spiro atoms. The molecule has 0 fully saturated rings. The highest BCUT2D eigenvalue weighted by Gasteiger charge is 1.99. The maximum absolute atomic E-state index is 11.1. The predicted octanol–water partition coefficient (Wildman–Crippen LogP) is 0.527. The van der Waals surface area contributed by atoms with Crippen molar-refractivity contribution in [2.75, 3.05) is 11.9 Å². The summed E-state index contributed by atoms with van der Waals surface area (Å²) in [6.07, 6.45) is 1.57. The molecule has 0 aromatic carbocycles. The van der Waals surface area contributed by atoms with Gasteiger partial charge in [0.2, 0.25) is 5.56 Å². The molecule has 2 N–H and O–H groups in total. The van der Waals surface area contributed by atoms with Gasteiger partial charge in [-0.25, -0.2) is 4.79 Å². The highest BCUT2D eigenvalue weighted by Crippen LogP contribution is 2.01. The average Bonchev–Trinajstić information content (AvgIpc) is 2.12. The zero-order valence-electron chi connectivity index (χ0n) is 8.20. The lowest BCUT2D eigenvalue weighted by Gasteiger charge is -2.06. The van der Waals surface area contributed by atoms with E-state index in [1.807, 2.05) is 6.92 Å². The minimum Gasteiger partial charge on any atom is -0.338 e. The third kappa shape index (κ3) is 2.62. The van der Waals surface area contributed by atoms with E-state index in [1.54, 1.807) is 19.3 Å². The van der Waals surface area contributed by atoms with Crippen molar-refractivity contribution >= 4 is 11.7 Å². The summed E-state index contributed by atoms with van der Waals surface area (Å²) in [6.45, 7) is 2.40. The van der Waals surface area contributed by atoms with Crippen LogP contribution in [0.15, 0.2) is 23.1 Å². The summed E-state index contributed by atoms with van der Waals surface area (Å²) < 4.78 is 1.40. The molecule has 0 atom stereocenters. The van der Waals surface area contributed by atoms with Crippen LogP contribution in [-0.2, 0) is 7.05 Å². The third-order valence-electron chi connectivity index (χ3n) is 1.68. The van der Waals surface area contributed by atoms with Crippen LogP contribution >= 0.6 is 0 Å². The van der Waals surface area contributed by atoms with Crippen LogP contribution in [0.1, 0.15) is 6.92 Å². The highest BCUT2D eigenvalue weighted by molar-refractivity contribution is 5.88. The van der Waals surface area contributed by atoms with Crippen LogP contribution in [-0.4, -0.2) is 17.1 Å². The van der Waals surface area contributed by atoms with Gasteiger partial charge in [-0.05, 0) is 13.0 Å². The Morgan fingerprint density at radius 2 is 2.21 bits per heavy atom. The van der Waals surface area contributed by atoms with E-state index in [0.717, 1.165) is 0 Å². The summed E-state index contributed by atoms with van der Waals surface area (Å²) in [5, 5.41) is 5.19. The topological polar surface area (TPSA) is 63.1 Å². The normalized spacial score (nSPS) is 9.57. The standard InChI is InChI=1S/C9H13N3O2/c1-3-10-9(14)11-7-4-5-8(13)12(2)6-7/h4-6H,3H2,1-2H3,(H2,10,11,14). The Morgan fingerprint density at radius 3 is 2.79 bits per heavy atom. The summed E-state index contributed by atoms with van der Waals surface area (Å²) in [6, 6.07) is 2.70. The van der Waals surface area contributed by atoms with Crippen LogP contribution in [0.25, 0.3) is 0 Å². The lowest BCUT2D eigenvalue weighted by molar-refractivity contribution is 0.252. The predicted molar refractivity (Wildman–Crippen MR) is 54.4 cm³/mol. The van der Waals surface area contributed by atoms with E-state index in [0.29, 0.717) is 12.2 Å². The molecule has 0 aliphatic carbocycles. The van der Waals surface area contributed by atoms with Crippen molar-refractivity contribution in [3.05, 3.63) is 28.7 Å². The first-order valence-electron chi connectivity index (χ1n) is 4.35. The first kappa shape index (κ1) is 10.3. The number of anilines is 1. The molecule has 2 amide bonds. The number of hydrogen-bond acceptors (Lipinski definition) is 2. The smallest absolute Gasteiger partial charge is 0.319 e. The van der Waals surface area contributed by atoms with Gasteiger partial charge in [-0.15, -0.1) is 0 Å². The molecule has 1 heterocycles. The summed E-state index contributed by atoms with van der Waals surface area (Å²) in [4.78, 5) is 22.1. The number of rotatable bonds is 2. The molecule has 0 saturated carbocycles. The molecule has 5 nitrogen and oxygen atoms in total. The van der Waals surface area contributed by atoms with Gasteiger partial charge in [-0.2, -0.15) is 0 Å². The molecule has 1 aromatic rings. The van der Waals surface area contributed by atoms with Gasteiger partial charge in [-0.1, -0.05) is 0 Å². The zero-order valence-corrected chi connectivity index (χ0v) is 8.20. The van der Waals surface area contributed by atoms with Crippen molar-refractivity contribution in [1.82, 2.24) is 9.88 Å². The Morgan fingerprint density at radius 1 is 1.50 bits per heavy atom. The number of nitrogens with zero attached hydrogens (tertiary/aromatic N) is 1. The fourth-order valence-electron chi connectivity index (χ4n) is 1.00. The summed E-state index contributed by atoms with van der Waals surface area (Å²) >= 11 is 0. The molecule has 1 aromatic heterocycles. The number of nitrogens with one attached hydrogen (secondary N) is 2. The number of urea groups is 1. The third-order valence-corrected chi connectivity index (χ3v) is 1.68. The monoisotopic (exact) mass is 195 g/mol. The van der Waals surface area contributed by atoms with Crippen LogP contribution < -0.4 is 16.2 Å². The van der Waals surface area contributed by atoms with Gasteiger partial charge >= 0.3 is 6.03 Å². The molecule has 5 heteroatoms. The zero-order chi connectivity index (χ0) is 10.6. The van der Waals surface area contributed by atoms with Crippen molar-refractivity contribution in [3.63, 3.8) is 0 Å². The van der Waals surface area contributed by atoms with E-state index in [9.17, 15) is 9.59 Å². The maximum atomic E-state index is 11.1. The van der Waals surface area contributed by atoms with Gasteiger partial charge in [0.15, 0.2) is 0 Å². The molecule has 0 aliphatic heterocycles. The second kappa shape index (κ2) is 4.45. The SMILES string of the molecule is CCNC(=O)Nc1ccc(=O)n(C)c1. The van der Waals surface area contributed by atoms with E-state index >= 15 is 0 Å². The maximum Gasteiger partial charge on any atom is 0.319 e. The van der Waals surface area contributed by atoms with Gasteiger partial charge in [0, 0.05) is 25.9 Å². The Bertz CT molecular complexity index is 384. The Kier molecular flexibility index (Phi) is 3.28. The lowest BCUT2D eigenvalue weighted by Crippen LogP contribution is -2.28. The van der Waals surface area contributed by atoms with E-state index in [-0.39, 0.29) is 11.6 Å². The number of amides is 2. The molecule has 0 saturated heterocycles. The van der Waals surface area contributed by atoms with Gasteiger partial charge in [0.05, 0.1) is 5.69 Å². The fourth-order valence-corrected chi connectivity index (χ4v) is 1.00. The van der Waals surface area contributed by atoms with Crippen LogP contribution in [0.3, 0.4) is 0 Å². The second-order valence-electron chi connectivity index (χ2n) is 2.85. The molecule has 0 aliphatic rings. The lowest BCUT2D eigenvalue weighted by atomic mass is 10.4. The van der Waals surface area contributed by atoms with E-state index < -0.39 is 0 Å².